The Morgan fingerprint density at radius 2 is 1.63 bits per heavy atom. The van der Waals surface area contributed by atoms with Gasteiger partial charge in [0.1, 0.15) is 11.4 Å². The molecule has 5 rings (SSSR count). The molecule has 8 nitrogen and oxygen atoms in total. The third-order valence-electron chi connectivity index (χ3n) is 6.15. The fourth-order valence-electron chi connectivity index (χ4n) is 4.56. The lowest BCUT2D eigenvalue weighted by Crippen LogP contribution is -2.30. The van der Waals surface area contributed by atoms with Gasteiger partial charge in [-0.05, 0) is 55.8 Å². The first-order chi connectivity index (χ1) is 16.9. The van der Waals surface area contributed by atoms with Crippen molar-refractivity contribution in [1.82, 2.24) is 4.98 Å². The van der Waals surface area contributed by atoms with E-state index in [2.05, 4.69) is 4.98 Å². The Morgan fingerprint density at radius 1 is 0.914 bits per heavy atom. The Morgan fingerprint density at radius 3 is 2.26 bits per heavy atom. The monoisotopic (exact) mass is 472 g/mol. The van der Waals surface area contributed by atoms with E-state index in [0.29, 0.717) is 39.6 Å². The number of ether oxygens (including phenoxy) is 3. The van der Waals surface area contributed by atoms with Crippen molar-refractivity contribution in [3.05, 3.63) is 86.9 Å². The van der Waals surface area contributed by atoms with E-state index in [0.717, 1.165) is 11.3 Å². The van der Waals surface area contributed by atoms with E-state index in [4.69, 9.17) is 18.6 Å². The Hall–Kier alpha value is -4.33. The van der Waals surface area contributed by atoms with Crippen LogP contribution in [0.3, 0.4) is 0 Å². The molecule has 4 aromatic rings. The van der Waals surface area contributed by atoms with Crippen LogP contribution in [0.1, 0.15) is 39.0 Å². The molecule has 1 aliphatic rings. The second-order valence-corrected chi connectivity index (χ2v) is 8.35. The quantitative estimate of drug-likeness (QED) is 0.420. The molecular formula is C27H24N2O6. The van der Waals surface area contributed by atoms with Gasteiger partial charge in [-0.2, -0.15) is 0 Å². The second kappa shape index (κ2) is 8.47. The first-order valence-corrected chi connectivity index (χ1v) is 11.0. The minimum atomic E-state index is -0.818. The summed E-state index contributed by atoms with van der Waals surface area (Å²) in [6.45, 7) is 3.74. The van der Waals surface area contributed by atoms with Gasteiger partial charge in [0.05, 0.1) is 38.3 Å². The van der Waals surface area contributed by atoms with Crippen LogP contribution in [-0.4, -0.2) is 32.2 Å². The van der Waals surface area contributed by atoms with Crippen LogP contribution in [-0.2, 0) is 0 Å². The van der Waals surface area contributed by atoms with Gasteiger partial charge in [-0.15, -0.1) is 0 Å². The van der Waals surface area contributed by atoms with Crippen molar-refractivity contribution in [3.8, 4) is 17.2 Å². The summed E-state index contributed by atoms with van der Waals surface area (Å²) in [5.74, 6) is 1.16. The predicted octanol–water partition coefficient (Wildman–Crippen LogP) is 4.58. The smallest absolute Gasteiger partial charge is 0.296 e. The van der Waals surface area contributed by atoms with E-state index in [1.54, 1.807) is 30.3 Å². The van der Waals surface area contributed by atoms with Gasteiger partial charge in [-0.1, -0.05) is 17.7 Å². The maximum Gasteiger partial charge on any atom is 0.296 e. The molecule has 0 unspecified atom stereocenters. The fraction of sp³-hybridized carbons (Fsp3) is 0.222. The van der Waals surface area contributed by atoms with Crippen molar-refractivity contribution < 1.29 is 23.4 Å². The lowest BCUT2D eigenvalue weighted by atomic mass is 9.97. The van der Waals surface area contributed by atoms with Crippen LogP contribution in [0.5, 0.6) is 17.2 Å². The van der Waals surface area contributed by atoms with Crippen LogP contribution in [0.25, 0.3) is 11.0 Å². The summed E-state index contributed by atoms with van der Waals surface area (Å²) in [6, 6.07) is 13.4. The molecule has 35 heavy (non-hydrogen) atoms. The molecule has 2 aromatic heterocycles. The third-order valence-corrected chi connectivity index (χ3v) is 6.15. The zero-order chi connectivity index (χ0) is 24.9. The number of fused-ring (bicyclic) bond motifs is 2. The van der Waals surface area contributed by atoms with E-state index >= 15 is 0 Å². The van der Waals surface area contributed by atoms with Gasteiger partial charge in [0.25, 0.3) is 5.91 Å². The lowest BCUT2D eigenvalue weighted by molar-refractivity contribution is 0.0970. The van der Waals surface area contributed by atoms with E-state index in [1.807, 2.05) is 32.0 Å². The molecule has 1 aliphatic heterocycles. The Balaban J connectivity index is 1.85. The summed E-state index contributed by atoms with van der Waals surface area (Å²) in [7, 11) is 4.54. The normalized spacial score (nSPS) is 14.8. The molecule has 178 valence electrons. The Labute approximate surface area is 201 Å². The van der Waals surface area contributed by atoms with E-state index < -0.39 is 11.9 Å². The number of carbonyl (C=O) groups excluding carboxylic acids is 1. The molecule has 3 heterocycles. The van der Waals surface area contributed by atoms with Gasteiger partial charge >= 0.3 is 0 Å². The van der Waals surface area contributed by atoms with Gasteiger partial charge in [0, 0.05) is 5.69 Å². The SMILES string of the molecule is COc1cc([C@@H]2c3c(oc4ccc(C)cc4c3=O)C(=O)N2c2cccc(C)n2)cc(OC)c1OC. The number of methoxy groups -OCH3 is 3. The van der Waals surface area contributed by atoms with Gasteiger partial charge in [-0.3, -0.25) is 14.5 Å². The number of amides is 1. The van der Waals surface area contributed by atoms with Crippen molar-refractivity contribution in [2.45, 2.75) is 19.9 Å². The van der Waals surface area contributed by atoms with Crippen molar-refractivity contribution >= 4 is 22.7 Å². The van der Waals surface area contributed by atoms with Gasteiger partial charge in [0.15, 0.2) is 16.9 Å². The summed E-state index contributed by atoms with van der Waals surface area (Å²) in [5.41, 5.74) is 2.56. The molecule has 0 bridgehead atoms. The minimum Gasteiger partial charge on any atom is -0.493 e. The maximum absolute atomic E-state index is 13.8. The summed E-state index contributed by atoms with van der Waals surface area (Å²) >= 11 is 0. The number of pyridine rings is 1. The van der Waals surface area contributed by atoms with Crippen LogP contribution in [0.4, 0.5) is 5.82 Å². The topological polar surface area (TPSA) is 91.1 Å². The average molecular weight is 472 g/mol. The number of hydrogen-bond acceptors (Lipinski definition) is 7. The number of hydrogen-bond donors (Lipinski definition) is 0. The lowest BCUT2D eigenvalue weighted by Gasteiger charge is -2.25. The molecule has 0 spiro atoms. The summed E-state index contributed by atoms with van der Waals surface area (Å²) in [4.78, 5) is 33.6. The highest BCUT2D eigenvalue weighted by Crippen LogP contribution is 2.46. The Kier molecular flexibility index (Phi) is 5.43. The standard InChI is InChI=1S/C27H24N2O6/c1-14-9-10-18-17(11-14)24(30)22-23(16-12-19(32-3)25(34-5)20(13-16)33-4)29(27(31)26(22)35-18)21-8-6-7-15(2)28-21/h6-13,23H,1-5H3/t23-/m1/s1. The first kappa shape index (κ1) is 22.5. The summed E-state index contributed by atoms with van der Waals surface area (Å²) in [5, 5.41) is 0.410. The van der Waals surface area contributed by atoms with Gasteiger partial charge in [0.2, 0.25) is 11.5 Å². The van der Waals surface area contributed by atoms with Gasteiger partial charge < -0.3 is 18.6 Å². The minimum absolute atomic E-state index is 0.00610. The number of anilines is 1. The highest BCUT2D eigenvalue weighted by Gasteiger charge is 2.45. The molecule has 0 radical (unpaired) electrons. The van der Waals surface area contributed by atoms with Crippen molar-refractivity contribution in [2.24, 2.45) is 0 Å². The second-order valence-electron chi connectivity index (χ2n) is 8.35. The summed E-state index contributed by atoms with van der Waals surface area (Å²) in [6.07, 6.45) is 0. The number of nitrogens with zero attached hydrogens (tertiary/aromatic N) is 2. The number of aromatic nitrogens is 1. The van der Waals surface area contributed by atoms with Crippen LogP contribution in [0.2, 0.25) is 0 Å². The molecule has 0 aliphatic carbocycles. The van der Waals surface area contributed by atoms with Gasteiger partial charge in [-0.25, -0.2) is 4.98 Å². The number of benzene rings is 2. The molecule has 0 N–H and O–H groups in total. The predicted molar refractivity (Wildman–Crippen MR) is 131 cm³/mol. The zero-order valence-corrected chi connectivity index (χ0v) is 20.0. The highest BCUT2D eigenvalue weighted by molar-refractivity contribution is 6.10. The molecule has 8 heteroatoms. The molecule has 0 fully saturated rings. The first-order valence-electron chi connectivity index (χ1n) is 11.0. The maximum atomic E-state index is 13.8. The highest BCUT2D eigenvalue weighted by atomic mass is 16.5. The Bertz CT molecular complexity index is 1520. The van der Waals surface area contributed by atoms with Crippen LogP contribution >= 0.6 is 0 Å². The molecule has 0 saturated heterocycles. The third kappa shape index (κ3) is 3.49. The van der Waals surface area contributed by atoms with E-state index in [1.165, 1.54) is 26.2 Å². The molecule has 2 aromatic carbocycles. The van der Waals surface area contributed by atoms with E-state index in [9.17, 15) is 9.59 Å². The average Bonchev–Trinajstić information content (AvgIpc) is 3.16. The fourth-order valence-corrected chi connectivity index (χ4v) is 4.56. The largest absolute Gasteiger partial charge is 0.493 e. The van der Waals surface area contributed by atoms with Crippen LogP contribution in [0.15, 0.2) is 57.7 Å². The molecular weight excluding hydrogens is 448 g/mol. The molecule has 1 atom stereocenters. The van der Waals surface area contributed by atoms with Crippen LogP contribution in [0, 0.1) is 13.8 Å². The van der Waals surface area contributed by atoms with Crippen molar-refractivity contribution in [1.29, 1.82) is 0 Å². The molecule has 1 amide bonds. The van der Waals surface area contributed by atoms with E-state index in [-0.39, 0.29) is 16.8 Å². The summed E-state index contributed by atoms with van der Waals surface area (Å²) < 4.78 is 22.6. The van der Waals surface area contributed by atoms with Crippen LogP contribution < -0.4 is 24.5 Å². The number of aryl methyl sites for hydroxylation is 2. The van der Waals surface area contributed by atoms with Crippen molar-refractivity contribution in [3.63, 3.8) is 0 Å². The zero-order valence-electron chi connectivity index (χ0n) is 20.0. The molecule has 0 saturated carbocycles. The number of carbonyl (C=O) groups is 1. The number of rotatable bonds is 5. The van der Waals surface area contributed by atoms with Crippen molar-refractivity contribution in [2.75, 3.05) is 26.2 Å².